The van der Waals surface area contributed by atoms with Crippen molar-refractivity contribution in [2.45, 2.75) is 45.6 Å². The molecule has 0 bridgehead atoms. The number of phenols is 1. The highest BCUT2D eigenvalue weighted by molar-refractivity contribution is 5.85. The van der Waals surface area contributed by atoms with Gasteiger partial charge in [0, 0.05) is 39.1 Å². The SMILES string of the molecule is CCCCC[C@@H](c1ccc(OC(C)=O)c(O)c1)N1CCNCC1.Cl.Cl. The molecule has 2 N–H and O–H groups in total. The highest BCUT2D eigenvalue weighted by atomic mass is 35.5. The summed E-state index contributed by atoms with van der Waals surface area (Å²) in [4.78, 5) is 13.5. The molecule has 1 aromatic carbocycles. The zero-order valence-electron chi connectivity index (χ0n) is 15.0. The largest absolute Gasteiger partial charge is 0.504 e. The average Bonchev–Trinajstić information content (AvgIpc) is 2.54. The van der Waals surface area contributed by atoms with E-state index in [1.165, 1.54) is 26.2 Å². The van der Waals surface area contributed by atoms with Gasteiger partial charge in [0.1, 0.15) is 0 Å². The van der Waals surface area contributed by atoms with Gasteiger partial charge >= 0.3 is 5.97 Å². The number of aromatic hydroxyl groups is 1. The van der Waals surface area contributed by atoms with Gasteiger partial charge in [0.05, 0.1) is 0 Å². The number of nitrogens with one attached hydrogen (secondary N) is 1. The molecule has 0 radical (unpaired) electrons. The summed E-state index contributed by atoms with van der Waals surface area (Å²) in [5.41, 5.74) is 1.09. The topological polar surface area (TPSA) is 61.8 Å². The Kier molecular flexibility index (Phi) is 11.9. The highest BCUT2D eigenvalue weighted by Crippen LogP contribution is 2.34. The van der Waals surface area contributed by atoms with Crippen molar-refractivity contribution in [1.29, 1.82) is 0 Å². The number of ether oxygens (including phenoxy) is 1. The summed E-state index contributed by atoms with van der Waals surface area (Å²) in [7, 11) is 0. The van der Waals surface area contributed by atoms with Gasteiger partial charge < -0.3 is 15.2 Å². The molecule has 144 valence electrons. The lowest BCUT2D eigenvalue weighted by Crippen LogP contribution is -2.45. The first-order valence-corrected chi connectivity index (χ1v) is 8.58. The number of carbonyl (C=O) groups excluding carboxylic acids is 1. The molecule has 0 saturated carbocycles. The molecule has 1 fully saturated rings. The fourth-order valence-corrected chi connectivity index (χ4v) is 3.12. The van der Waals surface area contributed by atoms with Gasteiger partial charge in [-0.3, -0.25) is 9.69 Å². The van der Waals surface area contributed by atoms with E-state index in [0.717, 1.165) is 38.2 Å². The van der Waals surface area contributed by atoms with Crippen molar-refractivity contribution < 1.29 is 14.6 Å². The van der Waals surface area contributed by atoms with Gasteiger partial charge in [0.25, 0.3) is 0 Å². The van der Waals surface area contributed by atoms with Gasteiger partial charge in [-0.1, -0.05) is 32.3 Å². The zero-order valence-corrected chi connectivity index (χ0v) is 16.6. The Morgan fingerprint density at radius 3 is 2.52 bits per heavy atom. The van der Waals surface area contributed by atoms with Crippen molar-refractivity contribution in [2.75, 3.05) is 26.2 Å². The smallest absolute Gasteiger partial charge is 0.308 e. The molecule has 1 heterocycles. The standard InChI is InChI=1S/C18H28N2O3.2ClH/c1-3-4-5-6-16(20-11-9-19-10-12-20)15-7-8-18(17(22)13-15)23-14(2)21;;/h7-8,13,16,19,22H,3-6,9-12H2,1-2H3;2*1H/t16-;;/m0../s1. The number of hydrogen-bond acceptors (Lipinski definition) is 5. The van der Waals surface area contributed by atoms with Crippen LogP contribution in [0.2, 0.25) is 0 Å². The monoisotopic (exact) mass is 392 g/mol. The zero-order chi connectivity index (χ0) is 16.7. The van der Waals surface area contributed by atoms with E-state index < -0.39 is 5.97 Å². The first-order chi connectivity index (χ1) is 11.1. The number of rotatable bonds is 7. The quantitative estimate of drug-likeness (QED) is 0.420. The lowest BCUT2D eigenvalue weighted by atomic mass is 9.97. The Morgan fingerprint density at radius 1 is 1.28 bits per heavy atom. The van der Waals surface area contributed by atoms with E-state index in [9.17, 15) is 9.90 Å². The molecule has 0 unspecified atom stereocenters. The first-order valence-electron chi connectivity index (χ1n) is 8.58. The number of phenolic OH excluding ortho intramolecular Hbond substituents is 1. The Morgan fingerprint density at radius 2 is 1.96 bits per heavy atom. The molecule has 1 saturated heterocycles. The van der Waals surface area contributed by atoms with E-state index in [4.69, 9.17) is 4.74 Å². The maximum absolute atomic E-state index is 11.1. The molecule has 0 aliphatic carbocycles. The summed E-state index contributed by atoms with van der Waals surface area (Å²) in [6.07, 6.45) is 4.68. The third-order valence-corrected chi connectivity index (χ3v) is 4.29. The lowest BCUT2D eigenvalue weighted by molar-refractivity contribution is -0.132. The Hall–Kier alpha value is -1.01. The fraction of sp³-hybridized carbons (Fsp3) is 0.611. The molecule has 1 aromatic rings. The van der Waals surface area contributed by atoms with Crippen LogP contribution in [0.3, 0.4) is 0 Å². The van der Waals surface area contributed by atoms with E-state index in [1.54, 1.807) is 12.1 Å². The summed E-state index contributed by atoms with van der Waals surface area (Å²) < 4.78 is 5.01. The Bertz CT molecular complexity index is 523. The molecule has 0 spiro atoms. The molecule has 2 rings (SSSR count). The minimum absolute atomic E-state index is 0. The molecule has 0 aromatic heterocycles. The van der Waals surface area contributed by atoms with Gasteiger partial charge in [0.15, 0.2) is 11.5 Å². The van der Waals surface area contributed by atoms with E-state index in [1.807, 2.05) is 6.07 Å². The summed E-state index contributed by atoms with van der Waals surface area (Å²) in [5.74, 6) is -0.156. The number of esters is 1. The van der Waals surface area contributed by atoms with Gasteiger partial charge in [-0.05, 0) is 24.1 Å². The van der Waals surface area contributed by atoms with Crippen molar-refractivity contribution in [3.8, 4) is 11.5 Å². The number of hydrogen-bond donors (Lipinski definition) is 2. The summed E-state index contributed by atoms with van der Waals surface area (Å²) in [6, 6.07) is 5.72. The van der Waals surface area contributed by atoms with Crippen LogP contribution in [0.25, 0.3) is 0 Å². The summed E-state index contributed by atoms with van der Waals surface area (Å²) in [6.45, 7) is 7.58. The minimum Gasteiger partial charge on any atom is -0.504 e. The van der Waals surface area contributed by atoms with Crippen LogP contribution in [0.15, 0.2) is 18.2 Å². The van der Waals surface area contributed by atoms with Crippen LogP contribution >= 0.6 is 24.8 Å². The molecule has 1 atom stereocenters. The van der Waals surface area contributed by atoms with Crippen molar-refractivity contribution in [3.05, 3.63) is 23.8 Å². The number of halogens is 2. The van der Waals surface area contributed by atoms with Crippen LogP contribution in [0.5, 0.6) is 11.5 Å². The van der Waals surface area contributed by atoms with E-state index in [-0.39, 0.29) is 36.3 Å². The molecule has 7 heteroatoms. The molecular formula is C18H30Cl2N2O3. The predicted octanol–water partition coefficient (Wildman–Crippen LogP) is 3.69. The van der Waals surface area contributed by atoms with E-state index in [2.05, 4.69) is 17.1 Å². The highest BCUT2D eigenvalue weighted by Gasteiger charge is 2.22. The van der Waals surface area contributed by atoms with Gasteiger partial charge in [-0.15, -0.1) is 24.8 Å². The van der Waals surface area contributed by atoms with Crippen LogP contribution in [0.4, 0.5) is 0 Å². The van der Waals surface area contributed by atoms with E-state index >= 15 is 0 Å². The Balaban J connectivity index is 0.00000288. The number of carbonyl (C=O) groups is 1. The number of benzene rings is 1. The molecule has 1 aliphatic rings. The summed E-state index contributed by atoms with van der Waals surface area (Å²) >= 11 is 0. The van der Waals surface area contributed by atoms with Crippen LogP contribution in [0, 0.1) is 0 Å². The fourth-order valence-electron chi connectivity index (χ4n) is 3.12. The van der Waals surface area contributed by atoms with Gasteiger partial charge in [-0.2, -0.15) is 0 Å². The van der Waals surface area contributed by atoms with Crippen LogP contribution in [-0.4, -0.2) is 42.2 Å². The average molecular weight is 393 g/mol. The van der Waals surface area contributed by atoms with E-state index in [0.29, 0.717) is 6.04 Å². The maximum atomic E-state index is 11.1. The third kappa shape index (κ3) is 7.40. The Labute approximate surface area is 162 Å². The van der Waals surface area contributed by atoms with Crippen molar-refractivity contribution in [1.82, 2.24) is 10.2 Å². The normalized spacial score (nSPS) is 15.6. The second-order valence-corrected chi connectivity index (χ2v) is 6.12. The van der Waals surface area contributed by atoms with Crippen LogP contribution in [0.1, 0.15) is 51.1 Å². The lowest BCUT2D eigenvalue weighted by Gasteiger charge is -2.35. The molecule has 0 amide bonds. The number of nitrogens with zero attached hydrogens (tertiary/aromatic N) is 1. The first kappa shape index (κ1) is 24.0. The molecular weight excluding hydrogens is 363 g/mol. The van der Waals surface area contributed by atoms with Crippen molar-refractivity contribution >= 4 is 30.8 Å². The summed E-state index contributed by atoms with van der Waals surface area (Å²) in [5, 5.41) is 13.5. The van der Waals surface area contributed by atoms with Gasteiger partial charge in [0.2, 0.25) is 0 Å². The maximum Gasteiger partial charge on any atom is 0.308 e. The molecule has 25 heavy (non-hydrogen) atoms. The van der Waals surface area contributed by atoms with Gasteiger partial charge in [-0.25, -0.2) is 0 Å². The molecule has 5 nitrogen and oxygen atoms in total. The van der Waals surface area contributed by atoms with Crippen molar-refractivity contribution in [3.63, 3.8) is 0 Å². The second-order valence-electron chi connectivity index (χ2n) is 6.12. The number of piperazine rings is 1. The minimum atomic E-state index is -0.422. The number of unbranched alkanes of at least 4 members (excludes halogenated alkanes) is 2. The molecule has 1 aliphatic heterocycles. The predicted molar refractivity (Wildman–Crippen MR) is 105 cm³/mol. The third-order valence-electron chi connectivity index (χ3n) is 4.29. The van der Waals surface area contributed by atoms with Crippen LogP contribution in [-0.2, 0) is 4.79 Å². The second kappa shape index (κ2) is 12.4. The van der Waals surface area contributed by atoms with Crippen molar-refractivity contribution in [2.24, 2.45) is 0 Å². The van der Waals surface area contributed by atoms with Crippen LogP contribution < -0.4 is 10.1 Å².